The first-order chi connectivity index (χ1) is 10.2. The molecule has 3 heteroatoms. The summed E-state index contributed by atoms with van der Waals surface area (Å²) in [5.41, 5.74) is 10.3. The van der Waals surface area contributed by atoms with Gasteiger partial charge in [0.1, 0.15) is 12.4 Å². The van der Waals surface area contributed by atoms with E-state index >= 15 is 0 Å². The van der Waals surface area contributed by atoms with E-state index in [1.807, 2.05) is 24.3 Å². The predicted octanol–water partition coefficient (Wildman–Crippen LogP) is 4.13. The second-order valence-corrected chi connectivity index (χ2v) is 5.30. The first-order valence-electron chi connectivity index (χ1n) is 7.24. The molecule has 21 heavy (non-hydrogen) atoms. The quantitative estimate of drug-likeness (QED) is 0.730. The minimum absolute atomic E-state index is 0.561. The van der Waals surface area contributed by atoms with Crippen molar-refractivity contribution in [2.24, 2.45) is 0 Å². The van der Waals surface area contributed by atoms with Gasteiger partial charge in [0.05, 0.1) is 5.69 Å². The Kier molecular flexibility index (Phi) is 3.57. The lowest BCUT2D eigenvalue weighted by molar-refractivity contribution is 0.296. The topological polar surface area (TPSA) is 40.2 Å². The lowest BCUT2D eigenvalue weighted by Crippen LogP contribution is -2.04. The van der Waals surface area contributed by atoms with E-state index in [1.54, 1.807) is 0 Å². The van der Waals surface area contributed by atoms with Crippen molar-refractivity contribution in [2.75, 3.05) is 5.73 Å². The fraction of sp³-hybridized carbons (Fsp3) is 0.222. The third kappa shape index (κ3) is 2.72. The molecule has 0 radical (unpaired) electrons. The van der Waals surface area contributed by atoms with Gasteiger partial charge in [0.25, 0.3) is 0 Å². The number of hydrogen-bond acceptors (Lipinski definition) is 2. The molecule has 3 nitrogen and oxygen atoms in total. The van der Waals surface area contributed by atoms with E-state index in [-0.39, 0.29) is 0 Å². The molecule has 3 rings (SSSR count). The summed E-state index contributed by atoms with van der Waals surface area (Å²) < 4.78 is 8.16. The summed E-state index contributed by atoms with van der Waals surface area (Å²) in [5, 5.41) is 1.17. The van der Waals surface area contributed by atoms with Crippen LogP contribution in [0.3, 0.4) is 0 Å². The number of benzene rings is 2. The van der Waals surface area contributed by atoms with Gasteiger partial charge >= 0.3 is 0 Å². The Morgan fingerprint density at radius 3 is 2.52 bits per heavy atom. The highest BCUT2D eigenvalue weighted by Gasteiger charge is 2.08. The fourth-order valence-electron chi connectivity index (χ4n) is 2.63. The Bertz CT molecular complexity index is 757. The van der Waals surface area contributed by atoms with Gasteiger partial charge in [-0.05, 0) is 50.2 Å². The van der Waals surface area contributed by atoms with E-state index in [4.69, 9.17) is 10.5 Å². The van der Waals surface area contributed by atoms with Crippen molar-refractivity contribution in [1.82, 2.24) is 4.57 Å². The Balaban J connectivity index is 1.87. The Morgan fingerprint density at radius 1 is 1.05 bits per heavy atom. The number of aromatic nitrogens is 1. The fourth-order valence-corrected chi connectivity index (χ4v) is 2.63. The van der Waals surface area contributed by atoms with Crippen LogP contribution < -0.4 is 10.5 Å². The molecule has 0 bridgehead atoms. The smallest absolute Gasteiger partial charge is 0.128 e. The molecule has 0 saturated carbocycles. The van der Waals surface area contributed by atoms with Crippen molar-refractivity contribution in [3.05, 3.63) is 59.8 Å². The van der Waals surface area contributed by atoms with Crippen LogP contribution in [-0.4, -0.2) is 4.57 Å². The Hall–Kier alpha value is -2.42. The molecule has 3 aromatic rings. The first kappa shape index (κ1) is 13.6. The van der Waals surface area contributed by atoms with Gasteiger partial charge in [-0.15, -0.1) is 0 Å². The molecule has 0 atom stereocenters. The van der Waals surface area contributed by atoms with Crippen LogP contribution in [0.1, 0.15) is 18.2 Å². The van der Waals surface area contributed by atoms with Crippen LogP contribution in [0.25, 0.3) is 10.9 Å². The van der Waals surface area contributed by atoms with Crippen LogP contribution >= 0.6 is 0 Å². The number of nitrogens with two attached hydrogens (primary N) is 1. The number of ether oxygens (including phenoxy) is 1. The zero-order valence-electron chi connectivity index (χ0n) is 12.5. The number of nitrogen functional groups attached to an aromatic ring is 1. The molecule has 2 aromatic carbocycles. The highest BCUT2D eigenvalue weighted by atomic mass is 16.5. The Morgan fingerprint density at radius 2 is 1.81 bits per heavy atom. The van der Waals surface area contributed by atoms with Crippen molar-refractivity contribution in [3.8, 4) is 5.75 Å². The molecule has 0 aliphatic heterocycles. The van der Waals surface area contributed by atoms with Gasteiger partial charge in [-0.25, -0.2) is 0 Å². The Labute approximate surface area is 125 Å². The highest BCUT2D eigenvalue weighted by Crippen LogP contribution is 2.23. The van der Waals surface area contributed by atoms with Gasteiger partial charge < -0.3 is 15.0 Å². The molecular formula is C18H20N2O. The summed E-state index contributed by atoms with van der Waals surface area (Å²) in [7, 11) is 0. The summed E-state index contributed by atoms with van der Waals surface area (Å²) in [4.78, 5) is 0. The van der Waals surface area contributed by atoms with Gasteiger partial charge in [-0.3, -0.25) is 0 Å². The highest BCUT2D eigenvalue weighted by molar-refractivity contribution is 5.84. The van der Waals surface area contributed by atoms with Gasteiger partial charge in [-0.1, -0.05) is 17.7 Å². The summed E-state index contributed by atoms with van der Waals surface area (Å²) >= 11 is 0. The molecule has 0 amide bonds. The van der Waals surface area contributed by atoms with Crippen LogP contribution in [0.15, 0.2) is 48.5 Å². The third-order valence-electron chi connectivity index (χ3n) is 3.74. The summed E-state index contributed by atoms with van der Waals surface area (Å²) in [6.45, 7) is 5.69. The van der Waals surface area contributed by atoms with Crippen molar-refractivity contribution in [3.63, 3.8) is 0 Å². The molecule has 0 aliphatic rings. The molecule has 1 aromatic heterocycles. The lowest BCUT2D eigenvalue weighted by Gasteiger charge is -2.10. The lowest BCUT2D eigenvalue weighted by atomic mass is 10.2. The van der Waals surface area contributed by atoms with Crippen molar-refractivity contribution in [1.29, 1.82) is 0 Å². The number of anilines is 1. The predicted molar refractivity (Wildman–Crippen MR) is 87.5 cm³/mol. The third-order valence-corrected chi connectivity index (χ3v) is 3.74. The standard InChI is InChI=1S/C18H20N2O/c1-3-20-16(11-14-10-15(19)6-9-18(14)20)12-21-17-7-4-13(2)5-8-17/h4-11H,3,12,19H2,1-2H3. The minimum atomic E-state index is 0.561. The number of nitrogens with zero attached hydrogens (tertiary/aromatic N) is 1. The molecule has 0 fully saturated rings. The first-order valence-corrected chi connectivity index (χ1v) is 7.24. The molecule has 2 N–H and O–H groups in total. The SMILES string of the molecule is CCn1c(COc2ccc(C)cc2)cc2cc(N)ccc21. The second-order valence-electron chi connectivity index (χ2n) is 5.30. The molecule has 108 valence electrons. The van der Waals surface area contributed by atoms with Crippen LogP contribution in [0.2, 0.25) is 0 Å². The maximum absolute atomic E-state index is 5.90. The maximum Gasteiger partial charge on any atom is 0.128 e. The number of aryl methyl sites for hydroxylation is 2. The average molecular weight is 280 g/mol. The van der Waals surface area contributed by atoms with E-state index in [2.05, 4.69) is 42.7 Å². The number of rotatable bonds is 4. The van der Waals surface area contributed by atoms with Crippen molar-refractivity contribution < 1.29 is 4.74 Å². The van der Waals surface area contributed by atoms with E-state index in [0.717, 1.165) is 18.0 Å². The normalized spacial score (nSPS) is 11.0. The molecule has 0 unspecified atom stereocenters. The van der Waals surface area contributed by atoms with Crippen LogP contribution in [-0.2, 0) is 13.2 Å². The zero-order chi connectivity index (χ0) is 14.8. The second kappa shape index (κ2) is 5.52. The van der Waals surface area contributed by atoms with Gasteiger partial charge in [0, 0.05) is 23.1 Å². The summed E-state index contributed by atoms with van der Waals surface area (Å²) in [5.74, 6) is 0.896. The largest absolute Gasteiger partial charge is 0.487 e. The van der Waals surface area contributed by atoms with Gasteiger partial charge in [0.2, 0.25) is 0 Å². The molecule has 0 saturated heterocycles. The molecule has 0 aliphatic carbocycles. The monoisotopic (exact) mass is 280 g/mol. The van der Waals surface area contributed by atoms with E-state index in [1.165, 1.54) is 22.2 Å². The number of hydrogen-bond donors (Lipinski definition) is 1. The van der Waals surface area contributed by atoms with Gasteiger partial charge in [0.15, 0.2) is 0 Å². The zero-order valence-corrected chi connectivity index (χ0v) is 12.5. The molecular weight excluding hydrogens is 260 g/mol. The van der Waals surface area contributed by atoms with Crippen molar-refractivity contribution in [2.45, 2.75) is 27.0 Å². The van der Waals surface area contributed by atoms with Crippen LogP contribution in [0, 0.1) is 6.92 Å². The van der Waals surface area contributed by atoms with Crippen LogP contribution in [0.4, 0.5) is 5.69 Å². The van der Waals surface area contributed by atoms with Crippen molar-refractivity contribution >= 4 is 16.6 Å². The van der Waals surface area contributed by atoms with E-state index < -0.39 is 0 Å². The summed E-state index contributed by atoms with van der Waals surface area (Å²) in [6, 6.07) is 16.3. The van der Waals surface area contributed by atoms with E-state index in [9.17, 15) is 0 Å². The van der Waals surface area contributed by atoms with Crippen LogP contribution in [0.5, 0.6) is 5.75 Å². The molecule has 1 heterocycles. The summed E-state index contributed by atoms with van der Waals surface area (Å²) in [6.07, 6.45) is 0. The average Bonchev–Trinajstić information content (AvgIpc) is 2.83. The number of fused-ring (bicyclic) bond motifs is 1. The minimum Gasteiger partial charge on any atom is -0.487 e. The maximum atomic E-state index is 5.90. The molecule has 0 spiro atoms. The van der Waals surface area contributed by atoms with Gasteiger partial charge in [-0.2, -0.15) is 0 Å². The van der Waals surface area contributed by atoms with E-state index in [0.29, 0.717) is 6.61 Å².